The molecule has 0 aliphatic rings. The largest absolute Gasteiger partial charge is 0.476 e. The standard InChI is InChI=1S/C13H21FN2OS/c1-4-15-11(9-18-6-3)10-7-8-16-13(12(10)14)17-5-2/h7-8,11,15H,4-6,9H2,1-3H3. The molecule has 1 N–H and O–H groups in total. The number of halogens is 1. The van der Waals surface area contributed by atoms with Gasteiger partial charge >= 0.3 is 0 Å². The number of ether oxygens (including phenoxy) is 1. The first-order chi connectivity index (χ1) is 8.74. The Morgan fingerprint density at radius 2 is 2.22 bits per heavy atom. The van der Waals surface area contributed by atoms with Gasteiger partial charge in [0, 0.05) is 23.6 Å². The van der Waals surface area contributed by atoms with Crippen molar-refractivity contribution in [3.05, 3.63) is 23.6 Å². The molecule has 1 aromatic rings. The predicted octanol–water partition coefficient (Wildman–Crippen LogP) is 3.02. The maximum atomic E-state index is 14.2. The molecule has 1 rings (SSSR count). The Balaban J connectivity index is 2.92. The summed E-state index contributed by atoms with van der Waals surface area (Å²) in [6.45, 7) is 7.17. The van der Waals surface area contributed by atoms with Crippen molar-refractivity contribution in [2.24, 2.45) is 0 Å². The summed E-state index contributed by atoms with van der Waals surface area (Å²) in [6, 6.07) is 1.73. The molecule has 102 valence electrons. The minimum atomic E-state index is -0.345. The van der Waals surface area contributed by atoms with E-state index in [0.717, 1.165) is 18.1 Å². The van der Waals surface area contributed by atoms with Crippen LogP contribution in [0.5, 0.6) is 5.88 Å². The molecule has 1 aromatic heterocycles. The van der Waals surface area contributed by atoms with Crippen molar-refractivity contribution >= 4 is 11.8 Å². The molecule has 0 aromatic carbocycles. The topological polar surface area (TPSA) is 34.2 Å². The zero-order valence-corrected chi connectivity index (χ0v) is 12.0. The summed E-state index contributed by atoms with van der Waals surface area (Å²) < 4.78 is 19.4. The summed E-state index contributed by atoms with van der Waals surface area (Å²) in [5.74, 6) is 1.62. The molecule has 0 saturated carbocycles. The second-order valence-electron chi connectivity index (χ2n) is 3.72. The quantitative estimate of drug-likeness (QED) is 0.789. The Labute approximate surface area is 113 Å². The maximum Gasteiger partial charge on any atom is 0.250 e. The second-order valence-corrected chi connectivity index (χ2v) is 5.04. The van der Waals surface area contributed by atoms with Crippen LogP contribution in [0.15, 0.2) is 12.3 Å². The van der Waals surface area contributed by atoms with Crippen LogP contribution < -0.4 is 10.1 Å². The number of hydrogen-bond donors (Lipinski definition) is 1. The third-order valence-corrected chi connectivity index (χ3v) is 3.46. The highest BCUT2D eigenvalue weighted by Gasteiger charge is 2.18. The van der Waals surface area contributed by atoms with E-state index in [1.807, 2.05) is 13.8 Å². The number of nitrogens with zero attached hydrogens (tertiary/aromatic N) is 1. The van der Waals surface area contributed by atoms with Crippen molar-refractivity contribution < 1.29 is 9.13 Å². The summed E-state index contributed by atoms with van der Waals surface area (Å²) >= 11 is 1.79. The summed E-state index contributed by atoms with van der Waals surface area (Å²) in [5, 5.41) is 3.30. The third-order valence-electron chi connectivity index (χ3n) is 2.48. The molecule has 0 saturated heterocycles. The highest BCUT2D eigenvalue weighted by Crippen LogP contribution is 2.25. The first-order valence-electron chi connectivity index (χ1n) is 6.32. The summed E-state index contributed by atoms with van der Waals surface area (Å²) in [4.78, 5) is 3.92. The highest BCUT2D eigenvalue weighted by atomic mass is 32.2. The average molecular weight is 272 g/mol. The molecule has 1 unspecified atom stereocenters. The van der Waals surface area contributed by atoms with Gasteiger partial charge in [-0.15, -0.1) is 0 Å². The van der Waals surface area contributed by atoms with Crippen molar-refractivity contribution in [1.29, 1.82) is 0 Å². The van der Waals surface area contributed by atoms with Gasteiger partial charge in [0.2, 0.25) is 0 Å². The third kappa shape index (κ3) is 4.14. The molecule has 0 aliphatic heterocycles. The molecule has 0 aliphatic carbocycles. The van der Waals surface area contributed by atoms with Gasteiger partial charge in [-0.2, -0.15) is 11.8 Å². The minimum absolute atomic E-state index is 0.00200. The zero-order chi connectivity index (χ0) is 13.4. The fourth-order valence-electron chi connectivity index (χ4n) is 1.69. The zero-order valence-electron chi connectivity index (χ0n) is 11.2. The molecule has 1 atom stereocenters. The van der Waals surface area contributed by atoms with E-state index in [2.05, 4.69) is 17.2 Å². The lowest BCUT2D eigenvalue weighted by molar-refractivity contribution is 0.304. The molecule has 18 heavy (non-hydrogen) atoms. The molecule has 0 spiro atoms. The normalized spacial score (nSPS) is 12.4. The summed E-state index contributed by atoms with van der Waals surface area (Å²) in [5.41, 5.74) is 0.635. The van der Waals surface area contributed by atoms with Crippen LogP contribution in [0.4, 0.5) is 4.39 Å². The molecule has 0 bridgehead atoms. The first-order valence-corrected chi connectivity index (χ1v) is 7.48. The van der Waals surface area contributed by atoms with Gasteiger partial charge in [0.1, 0.15) is 0 Å². The van der Waals surface area contributed by atoms with E-state index < -0.39 is 0 Å². The van der Waals surface area contributed by atoms with Crippen LogP contribution in [0.25, 0.3) is 0 Å². The Morgan fingerprint density at radius 3 is 2.83 bits per heavy atom. The van der Waals surface area contributed by atoms with Crippen molar-refractivity contribution in [2.75, 3.05) is 24.7 Å². The first kappa shape index (κ1) is 15.2. The second kappa shape index (κ2) is 8.32. The van der Waals surface area contributed by atoms with Crippen molar-refractivity contribution in [3.8, 4) is 5.88 Å². The fraction of sp³-hybridized carbons (Fsp3) is 0.615. The van der Waals surface area contributed by atoms with Crippen molar-refractivity contribution in [2.45, 2.75) is 26.8 Å². The summed E-state index contributed by atoms with van der Waals surface area (Å²) in [7, 11) is 0. The SMILES string of the molecule is CCNC(CSCC)c1ccnc(OCC)c1F. The number of nitrogens with one attached hydrogen (secondary N) is 1. The van der Waals surface area contributed by atoms with Gasteiger partial charge < -0.3 is 10.1 Å². The molecule has 5 heteroatoms. The van der Waals surface area contributed by atoms with E-state index in [0.29, 0.717) is 12.2 Å². The van der Waals surface area contributed by atoms with E-state index >= 15 is 0 Å². The van der Waals surface area contributed by atoms with E-state index in [9.17, 15) is 4.39 Å². The highest BCUT2D eigenvalue weighted by molar-refractivity contribution is 7.99. The molecule has 3 nitrogen and oxygen atoms in total. The van der Waals surface area contributed by atoms with Gasteiger partial charge in [0.15, 0.2) is 5.82 Å². The van der Waals surface area contributed by atoms with Crippen LogP contribution in [-0.4, -0.2) is 29.6 Å². The van der Waals surface area contributed by atoms with Crippen LogP contribution in [0.1, 0.15) is 32.4 Å². The number of thioether (sulfide) groups is 1. The lowest BCUT2D eigenvalue weighted by Crippen LogP contribution is -2.24. The van der Waals surface area contributed by atoms with Gasteiger partial charge in [0.25, 0.3) is 5.88 Å². The van der Waals surface area contributed by atoms with E-state index in [-0.39, 0.29) is 17.7 Å². The van der Waals surface area contributed by atoms with Crippen LogP contribution in [0, 0.1) is 5.82 Å². The molecular weight excluding hydrogens is 251 g/mol. The van der Waals surface area contributed by atoms with Gasteiger partial charge in [-0.25, -0.2) is 9.37 Å². The number of aromatic nitrogens is 1. The average Bonchev–Trinajstić information content (AvgIpc) is 2.38. The fourth-order valence-corrected chi connectivity index (χ4v) is 2.45. The summed E-state index contributed by atoms with van der Waals surface area (Å²) in [6.07, 6.45) is 1.60. The maximum absolute atomic E-state index is 14.2. The molecule has 0 fully saturated rings. The Morgan fingerprint density at radius 1 is 1.44 bits per heavy atom. The lowest BCUT2D eigenvalue weighted by atomic mass is 10.1. The molecular formula is C13H21FN2OS. The van der Waals surface area contributed by atoms with Crippen molar-refractivity contribution in [1.82, 2.24) is 10.3 Å². The van der Waals surface area contributed by atoms with Crippen molar-refractivity contribution in [3.63, 3.8) is 0 Å². The van der Waals surface area contributed by atoms with E-state index in [1.54, 1.807) is 24.0 Å². The molecule has 1 heterocycles. The van der Waals surface area contributed by atoms with Crippen LogP contribution >= 0.6 is 11.8 Å². The van der Waals surface area contributed by atoms with E-state index in [4.69, 9.17) is 4.74 Å². The van der Waals surface area contributed by atoms with Crippen LogP contribution in [0.2, 0.25) is 0 Å². The minimum Gasteiger partial charge on any atom is -0.476 e. The molecule has 0 amide bonds. The van der Waals surface area contributed by atoms with Gasteiger partial charge in [0.05, 0.1) is 6.61 Å². The van der Waals surface area contributed by atoms with Crippen LogP contribution in [0.3, 0.4) is 0 Å². The van der Waals surface area contributed by atoms with Crippen LogP contribution in [-0.2, 0) is 0 Å². The lowest BCUT2D eigenvalue weighted by Gasteiger charge is -2.19. The Kier molecular flexibility index (Phi) is 7.05. The smallest absolute Gasteiger partial charge is 0.250 e. The molecule has 0 radical (unpaired) electrons. The Hall–Kier alpha value is -0.810. The van der Waals surface area contributed by atoms with Gasteiger partial charge in [-0.1, -0.05) is 13.8 Å². The monoisotopic (exact) mass is 272 g/mol. The number of rotatable bonds is 8. The van der Waals surface area contributed by atoms with E-state index in [1.165, 1.54) is 0 Å². The number of pyridine rings is 1. The van der Waals surface area contributed by atoms with Gasteiger partial charge in [-0.05, 0) is 25.3 Å². The Bertz CT molecular complexity index is 363. The number of hydrogen-bond acceptors (Lipinski definition) is 4. The van der Waals surface area contributed by atoms with Gasteiger partial charge in [-0.3, -0.25) is 0 Å². The predicted molar refractivity (Wildman–Crippen MR) is 74.8 cm³/mol.